The van der Waals surface area contributed by atoms with E-state index in [1.807, 2.05) is 32.9 Å². The summed E-state index contributed by atoms with van der Waals surface area (Å²) in [5.74, 6) is -0.00944. The van der Waals surface area contributed by atoms with E-state index in [1.165, 1.54) is 0 Å². The van der Waals surface area contributed by atoms with Gasteiger partial charge in [0.05, 0.1) is 12.1 Å². The topological polar surface area (TPSA) is 38.3 Å². The Morgan fingerprint density at radius 2 is 2.00 bits per heavy atom. The maximum Gasteiger partial charge on any atom is 0.251 e. The number of hydrogen-bond donors (Lipinski definition) is 1. The highest BCUT2D eigenvalue weighted by Crippen LogP contribution is 2.16. The highest BCUT2D eigenvalue weighted by Gasteiger charge is 2.23. The van der Waals surface area contributed by atoms with Crippen LogP contribution in [-0.2, 0) is 4.74 Å². The van der Waals surface area contributed by atoms with Crippen LogP contribution >= 0.6 is 0 Å². The highest BCUT2D eigenvalue weighted by molar-refractivity contribution is 5.94. The maximum atomic E-state index is 12.1. The van der Waals surface area contributed by atoms with Crippen LogP contribution in [-0.4, -0.2) is 24.7 Å². The van der Waals surface area contributed by atoms with Gasteiger partial charge in [0, 0.05) is 12.2 Å². The maximum absolute atomic E-state index is 12.1. The Balaban J connectivity index is 2.02. The number of hydrogen-bond acceptors (Lipinski definition) is 2. The molecule has 0 radical (unpaired) electrons. The molecule has 1 saturated heterocycles. The Morgan fingerprint density at radius 1 is 1.33 bits per heavy atom. The second-order valence-corrected chi connectivity index (χ2v) is 5.19. The van der Waals surface area contributed by atoms with Gasteiger partial charge >= 0.3 is 0 Å². The second kappa shape index (κ2) is 5.53. The molecule has 2 atom stereocenters. The van der Waals surface area contributed by atoms with E-state index in [2.05, 4.69) is 11.4 Å². The van der Waals surface area contributed by atoms with E-state index < -0.39 is 0 Å². The average molecular weight is 247 g/mol. The van der Waals surface area contributed by atoms with Gasteiger partial charge in [0.15, 0.2) is 0 Å². The molecule has 0 saturated carbocycles. The minimum atomic E-state index is -0.00944. The van der Waals surface area contributed by atoms with Crippen LogP contribution in [0.15, 0.2) is 18.2 Å². The first kappa shape index (κ1) is 13.1. The van der Waals surface area contributed by atoms with Crippen molar-refractivity contribution in [1.82, 2.24) is 5.32 Å². The van der Waals surface area contributed by atoms with Crippen LogP contribution in [0.5, 0.6) is 0 Å². The number of amides is 1. The van der Waals surface area contributed by atoms with Crippen LogP contribution in [0.2, 0.25) is 0 Å². The number of nitrogens with one attached hydrogen (secondary N) is 1. The normalized spacial score (nSPS) is 20.7. The van der Waals surface area contributed by atoms with Gasteiger partial charge in [-0.05, 0) is 45.7 Å². The predicted octanol–water partition coefficient (Wildman–Crippen LogP) is 2.60. The van der Waals surface area contributed by atoms with Crippen LogP contribution in [0.1, 0.15) is 41.3 Å². The van der Waals surface area contributed by atoms with Gasteiger partial charge in [-0.25, -0.2) is 0 Å². The summed E-state index contributed by atoms with van der Waals surface area (Å²) in [6, 6.07) is 5.98. The summed E-state index contributed by atoms with van der Waals surface area (Å²) in [4.78, 5) is 12.1. The lowest BCUT2D eigenvalue weighted by Gasteiger charge is -2.20. The number of carbonyl (C=O) groups is 1. The van der Waals surface area contributed by atoms with E-state index >= 15 is 0 Å². The molecule has 1 aliphatic heterocycles. The zero-order chi connectivity index (χ0) is 13.1. The minimum absolute atomic E-state index is 0.00944. The van der Waals surface area contributed by atoms with Gasteiger partial charge in [0.1, 0.15) is 0 Å². The molecule has 0 aromatic heterocycles. The molecule has 18 heavy (non-hydrogen) atoms. The molecular weight excluding hydrogens is 226 g/mol. The molecule has 1 fully saturated rings. The van der Waals surface area contributed by atoms with Crippen molar-refractivity contribution in [3.05, 3.63) is 34.9 Å². The third-order valence-corrected chi connectivity index (χ3v) is 3.37. The Labute approximate surface area is 109 Å². The van der Waals surface area contributed by atoms with E-state index in [-0.39, 0.29) is 18.1 Å². The Morgan fingerprint density at radius 3 is 2.56 bits per heavy atom. The zero-order valence-electron chi connectivity index (χ0n) is 11.3. The average Bonchev–Trinajstić information content (AvgIpc) is 2.80. The molecular formula is C15H21NO2. The quantitative estimate of drug-likeness (QED) is 0.891. The molecule has 0 aliphatic carbocycles. The molecule has 1 N–H and O–H groups in total. The molecule has 3 heteroatoms. The molecule has 1 aliphatic rings. The van der Waals surface area contributed by atoms with Crippen LogP contribution in [0.3, 0.4) is 0 Å². The highest BCUT2D eigenvalue weighted by atomic mass is 16.5. The van der Waals surface area contributed by atoms with Crippen LogP contribution in [0, 0.1) is 13.8 Å². The summed E-state index contributed by atoms with van der Waals surface area (Å²) >= 11 is 0. The van der Waals surface area contributed by atoms with Gasteiger partial charge in [-0.2, -0.15) is 0 Å². The van der Waals surface area contributed by atoms with Gasteiger partial charge in [-0.15, -0.1) is 0 Å². The lowest BCUT2D eigenvalue weighted by atomic mass is 10.1. The largest absolute Gasteiger partial charge is 0.376 e. The van der Waals surface area contributed by atoms with Crippen molar-refractivity contribution < 1.29 is 9.53 Å². The molecule has 2 unspecified atom stereocenters. The number of ether oxygens (including phenoxy) is 1. The molecule has 1 aromatic carbocycles. The first-order valence-corrected chi connectivity index (χ1v) is 6.57. The third kappa shape index (κ3) is 3.10. The van der Waals surface area contributed by atoms with Crippen LogP contribution < -0.4 is 5.32 Å². The van der Waals surface area contributed by atoms with Gasteiger partial charge in [0.2, 0.25) is 0 Å². The first-order chi connectivity index (χ1) is 8.56. The van der Waals surface area contributed by atoms with E-state index in [1.54, 1.807) is 0 Å². The van der Waals surface area contributed by atoms with Gasteiger partial charge in [-0.3, -0.25) is 4.79 Å². The van der Waals surface area contributed by atoms with E-state index in [0.717, 1.165) is 36.1 Å². The van der Waals surface area contributed by atoms with Crippen LogP contribution in [0.25, 0.3) is 0 Å². The van der Waals surface area contributed by atoms with Crippen LogP contribution in [0.4, 0.5) is 0 Å². The minimum Gasteiger partial charge on any atom is -0.376 e. The number of carbonyl (C=O) groups excluding carboxylic acids is 1. The summed E-state index contributed by atoms with van der Waals surface area (Å²) in [7, 11) is 0. The molecule has 1 amide bonds. The van der Waals surface area contributed by atoms with E-state index in [9.17, 15) is 4.79 Å². The molecule has 1 aromatic rings. The lowest BCUT2D eigenvalue weighted by molar-refractivity contribution is 0.0712. The van der Waals surface area contributed by atoms with Crippen molar-refractivity contribution in [2.45, 2.75) is 45.8 Å². The Bertz CT molecular complexity index is 416. The molecule has 98 valence electrons. The Kier molecular flexibility index (Phi) is 4.02. The fraction of sp³-hybridized carbons (Fsp3) is 0.533. The van der Waals surface area contributed by atoms with Gasteiger partial charge < -0.3 is 10.1 Å². The fourth-order valence-electron chi connectivity index (χ4n) is 2.49. The molecule has 1 heterocycles. The predicted molar refractivity (Wildman–Crippen MR) is 71.8 cm³/mol. The summed E-state index contributed by atoms with van der Waals surface area (Å²) in [5, 5.41) is 3.03. The molecule has 3 nitrogen and oxygen atoms in total. The number of benzene rings is 1. The molecule has 0 spiro atoms. The summed E-state index contributed by atoms with van der Waals surface area (Å²) in [6.45, 7) is 6.84. The second-order valence-electron chi connectivity index (χ2n) is 5.19. The lowest BCUT2D eigenvalue weighted by Crippen LogP contribution is -2.40. The van der Waals surface area contributed by atoms with Crippen molar-refractivity contribution in [2.24, 2.45) is 0 Å². The van der Waals surface area contributed by atoms with Gasteiger partial charge in [-0.1, -0.05) is 17.2 Å². The zero-order valence-corrected chi connectivity index (χ0v) is 11.3. The number of rotatable bonds is 3. The van der Waals surface area contributed by atoms with Crippen molar-refractivity contribution in [2.75, 3.05) is 6.61 Å². The number of aryl methyl sites for hydroxylation is 2. The molecule has 0 bridgehead atoms. The fourth-order valence-corrected chi connectivity index (χ4v) is 2.49. The monoisotopic (exact) mass is 247 g/mol. The summed E-state index contributed by atoms with van der Waals surface area (Å²) < 4.78 is 5.58. The first-order valence-electron chi connectivity index (χ1n) is 6.57. The summed E-state index contributed by atoms with van der Waals surface area (Å²) in [5.41, 5.74) is 2.96. The van der Waals surface area contributed by atoms with Crippen molar-refractivity contribution in [3.8, 4) is 0 Å². The van der Waals surface area contributed by atoms with Gasteiger partial charge in [0.25, 0.3) is 5.91 Å². The third-order valence-electron chi connectivity index (χ3n) is 3.37. The van der Waals surface area contributed by atoms with Crippen molar-refractivity contribution in [1.29, 1.82) is 0 Å². The van der Waals surface area contributed by atoms with Crippen molar-refractivity contribution in [3.63, 3.8) is 0 Å². The SMILES string of the molecule is Cc1cc(C)cc(C(=O)NC(C)C2CCCO2)c1. The summed E-state index contributed by atoms with van der Waals surface area (Å²) in [6.07, 6.45) is 2.29. The smallest absolute Gasteiger partial charge is 0.251 e. The standard InChI is InChI=1S/C15H21NO2/c1-10-7-11(2)9-13(8-10)15(17)16-12(3)14-5-4-6-18-14/h7-9,12,14H,4-6H2,1-3H3,(H,16,17). The molecule has 2 rings (SSSR count). The van der Waals surface area contributed by atoms with E-state index in [0.29, 0.717) is 0 Å². The van der Waals surface area contributed by atoms with Crippen molar-refractivity contribution >= 4 is 5.91 Å². The van der Waals surface area contributed by atoms with E-state index in [4.69, 9.17) is 4.74 Å². The Hall–Kier alpha value is -1.35.